The molecule has 1 aliphatic heterocycles. The van der Waals surface area contributed by atoms with Crippen molar-refractivity contribution in [2.45, 2.75) is 50.5 Å². The van der Waals surface area contributed by atoms with Crippen LogP contribution in [-0.2, 0) is 17.4 Å². The lowest BCUT2D eigenvalue weighted by Gasteiger charge is -2.36. The van der Waals surface area contributed by atoms with E-state index in [9.17, 15) is 18.0 Å². The van der Waals surface area contributed by atoms with Crippen molar-refractivity contribution in [3.8, 4) is 0 Å². The Bertz CT molecular complexity index is 964. The topological polar surface area (TPSA) is 67.1 Å². The number of hydrogen-bond acceptors (Lipinski definition) is 3. The maximum Gasteiger partial charge on any atom is 0.416 e. The number of carbonyl (C=O) groups excluding carboxylic acids is 1. The molecule has 1 heterocycles. The summed E-state index contributed by atoms with van der Waals surface area (Å²) in [6.45, 7) is 0. The lowest BCUT2D eigenvalue weighted by Crippen LogP contribution is -2.57. The number of halogens is 3. The zero-order chi connectivity index (χ0) is 22.0. The zero-order valence-corrected chi connectivity index (χ0v) is 17.1. The Morgan fingerprint density at radius 1 is 0.903 bits per heavy atom. The van der Waals surface area contributed by atoms with Crippen LogP contribution in [0.25, 0.3) is 0 Å². The standard InChI is InChI=1S/C24H26F3N3O/c25-24(26,27)19-8-4-5-15(13-19)14-20-21(29-23(28)30-22(20)31)18-11-9-17(10-12-18)16-6-2-1-3-7-16/h1-8,13,17-18,23,29H,9-12,14,28H2,(H,30,31). The van der Waals surface area contributed by atoms with Gasteiger partial charge in [0.25, 0.3) is 5.91 Å². The van der Waals surface area contributed by atoms with Crippen LogP contribution in [0.2, 0.25) is 0 Å². The molecule has 0 radical (unpaired) electrons. The van der Waals surface area contributed by atoms with Crippen molar-refractivity contribution in [2.75, 3.05) is 0 Å². The Morgan fingerprint density at radius 3 is 2.26 bits per heavy atom. The van der Waals surface area contributed by atoms with E-state index in [1.165, 1.54) is 11.6 Å². The second-order valence-corrected chi connectivity index (χ2v) is 8.32. The molecule has 1 unspecified atom stereocenters. The third kappa shape index (κ3) is 4.93. The van der Waals surface area contributed by atoms with Gasteiger partial charge in [-0.05, 0) is 54.7 Å². The fourth-order valence-electron chi connectivity index (χ4n) is 4.68. The smallest absolute Gasteiger partial charge is 0.356 e. The molecule has 1 amide bonds. The molecule has 31 heavy (non-hydrogen) atoms. The van der Waals surface area contributed by atoms with E-state index in [1.54, 1.807) is 6.07 Å². The fraction of sp³-hybridized carbons (Fsp3) is 0.375. The van der Waals surface area contributed by atoms with E-state index in [0.717, 1.165) is 43.5 Å². The molecule has 2 aliphatic rings. The maximum absolute atomic E-state index is 13.1. The minimum atomic E-state index is -4.42. The molecule has 2 aromatic rings. The van der Waals surface area contributed by atoms with Gasteiger partial charge in [-0.2, -0.15) is 13.2 Å². The summed E-state index contributed by atoms with van der Waals surface area (Å²) >= 11 is 0. The third-order valence-electron chi connectivity index (χ3n) is 6.24. The predicted octanol–water partition coefficient (Wildman–Crippen LogP) is 4.44. The van der Waals surface area contributed by atoms with Crippen molar-refractivity contribution >= 4 is 5.91 Å². The van der Waals surface area contributed by atoms with Crippen LogP contribution in [-0.4, -0.2) is 12.2 Å². The molecule has 1 atom stereocenters. The molecule has 1 fully saturated rings. The first-order valence-electron chi connectivity index (χ1n) is 10.6. The molecule has 1 saturated carbocycles. The Morgan fingerprint density at radius 2 is 1.58 bits per heavy atom. The summed E-state index contributed by atoms with van der Waals surface area (Å²) in [5, 5.41) is 5.84. The molecule has 7 heteroatoms. The summed E-state index contributed by atoms with van der Waals surface area (Å²) in [6.07, 6.45) is -1.20. The SMILES string of the molecule is NC1NC(=O)C(Cc2cccc(C(F)(F)F)c2)=C(C2CCC(c3ccccc3)CC2)N1. The molecule has 2 aromatic carbocycles. The van der Waals surface area contributed by atoms with E-state index >= 15 is 0 Å². The van der Waals surface area contributed by atoms with Gasteiger partial charge in [-0.3, -0.25) is 10.5 Å². The number of allylic oxidation sites excluding steroid dienone is 1. The highest BCUT2D eigenvalue weighted by Gasteiger charge is 2.33. The highest BCUT2D eigenvalue weighted by molar-refractivity contribution is 5.95. The summed E-state index contributed by atoms with van der Waals surface area (Å²) < 4.78 is 39.3. The lowest BCUT2D eigenvalue weighted by molar-refractivity contribution is -0.137. The molecule has 0 saturated heterocycles. The van der Waals surface area contributed by atoms with E-state index in [4.69, 9.17) is 5.73 Å². The number of carbonyl (C=O) groups is 1. The van der Waals surface area contributed by atoms with E-state index in [2.05, 4.69) is 22.8 Å². The molecule has 4 rings (SSSR count). The summed E-state index contributed by atoms with van der Waals surface area (Å²) in [5.74, 6) is 0.303. The van der Waals surface area contributed by atoms with Crippen LogP contribution in [0.15, 0.2) is 65.9 Å². The number of benzene rings is 2. The largest absolute Gasteiger partial charge is 0.416 e. The Hall–Kier alpha value is -2.80. The highest BCUT2D eigenvalue weighted by atomic mass is 19.4. The summed E-state index contributed by atoms with van der Waals surface area (Å²) in [6, 6.07) is 15.5. The van der Waals surface area contributed by atoms with Crippen molar-refractivity contribution in [3.05, 3.63) is 82.6 Å². The number of alkyl halides is 3. The van der Waals surface area contributed by atoms with Crippen LogP contribution < -0.4 is 16.4 Å². The summed E-state index contributed by atoms with van der Waals surface area (Å²) in [4.78, 5) is 12.7. The predicted molar refractivity (Wildman–Crippen MR) is 113 cm³/mol. The van der Waals surface area contributed by atoms with Crippen molar-refractivity contribution in [3.63, 3.8) is 0 Å². The molecular weight excluding hydrogens is 403 g/mol. The first-order valence-corrected chi connectivity index (χ1v) is 10.6. The molecule has 0 aromatic heterocycles. The van der Waals surface area contributed by atoms with E-state index < -0.39 is 18.0 Å². The third-order valence-corrected chi connectivity index (χ3v) is 6.24. The highest BCUT2D eigenvalue weighted by Crippen LogP contribution is 2.39. The second-order valence-electron chi connectivity index (χ2n) is 8.32. The molecule has 4 nitrogen and oxygen atoms in total. The maximum atomic E-state index is 13.1. The monoisotopic (exact) mass is 429 g/mol. The van der Waals surface area contributed by atoms with Gasteiger partial charge in [0.2, 0.25) is 0 Å². The average molecular weight is 429 g/mol. The Kier molecular flexibility index (Phi) is 6.05. The van der Waals surface area contributed by atoms with Crippen molar-refractivity contribution < 1.29 is 18.0 Å². The molecule has 1 aliphatic carbocycles. The number of hydrogen-bond donors (Lipinski definition) is 3. The van der Waals surface area contributed by atoms with Crippen LogP contribution in [0, 0.1) is 5.92 Å². The van der Waals surface area contributed by atoms with Gasteiger partial charge in [0.15, 0.2) is 6.29 Å². The molecule has 4 N–H and O–H groups in total. The normalized spacial score (nSPS) is 24.5. The summed E-state index contributed by atoms with van der Waals surface area (Å²) in [7, 11) is 0. The summed E-state index contributed by atoms with van der Waals surface area (Å²) in [5.41, 5.74) is 8.27. The fourth-order valence-corrected chi connectivity index (χ4v) is 4.68. The van der Waals surface area contributed by atoms with E-state index in [-0.39, 0.29) is 18.2 Å². The van der Waals surface area contributed by atoms with Gasteiger partial charge >= 0.3 is 6.18 Å². The molecule has 164 valence electrons. The number of amides is 1. The Balaban J connectivity index is 1.56. The first kappa shape index (κ1) is 21.4. The van der Waals surface area contributed by atoms with Gasteiger partial charge in [0.1, 0.15) is 0 Å². The van der Waals surface area contributed by atoms with Gasteiger partial charge < -0.3 is 10.6 Å². The van der Waals surface area contributed by atoms with Gasteiger partial charge in [-0.15, -0.1) is 0 Å². The van der Waals surface area contributed by atoms with Gasteiger partial charge in [0, 0.05) is 17.7 Å². The van der Waals surface area contributed by atoms with Gasteiger partial charge in [-0.25, -0.2) is 0 Å². The minimum absolute atomic E-state index is 0.128. The molecule has 0 bridgehead atoms. The molecular formula is C24H26F3N3O. The van der Waals surface area contributed by atoms with E-state index in [1.807, 2.05) is 18.2 Å². The Labute approximate surface area is 179 Å². The van der Waals surface area contributed by atoms with Crippen LogP contribution in [0.1, 0.15) is 48.3 Å². The van der Waals surface area contributed by atoms with Crippen molar-refractivity contribution in [2.24, 2.45) is 11.7 Å². The van der Waals surface area contributed by atoms with Gasteiger partial charge in [-0.1, -0.05) is 48.5 Å². The molecule has 0 spiro atoms. The van der Waals surface area contributed by atoms with E-state index in [0.29, 0.717) is 17.1 Å². The number of rotatable bonds is 4. The van der Waals surface area contributed by atoms with Crippen LogP contribution in [0.3, 0.4) is 0 Å². The first-order chi connectivity index (χ1) is 14.8. The second kappa shape index (κ2) is 8.75. The van der Waals surface area contributed by atoms with Crippen LogP contribution in [0.5, 0.6) is 0 Å². The number of nitrogens with two attached hydrogens (primary N) is 1. The number of nitrogens with one attached hydrogen (secondary N) is 2. The van der Waals surface area contributed by atoms with Crippen molar-refractivity contribution in [1.82, 2.24) is 10.6 Å². The zero-order valence-electron chi connectivity index (χ0n) is 17.1. The van der Waals surface area contributed by atoms with Gasteiger partial charge in [0.05, 0.1) is 5.56 Å². The average Bonchev–Trinajstić information content (AvgIpc) is 2.76. The minimum Gasteiger partial charge on any atom is -0.356 e. The van der Waals surface area contributed by atoms with Crippen LogP contribution in [0.4, 0.5) is 13.2 Å². The van der Waals surface area contributed by atoms with Crippen LogP contribution >= 0.6 is 0 Å². The van der Waals surface area contributed by atoms with Crippen molar-refractivity contribution in [1.29, 1.82) is 0 Å². The quantitative estimate of drug-likeness (QED) is 0.673. The lowest BCUT2D eigenvalue weighted by atomic mass is 9.76.